The van der Waals surface area contributed by atoms with Crippen molar-refractivity contribution in [3.05, 3.63) is 48.0 Å². The smallest absolute Gasteiger partial charge is 0.160 e. The van der Waals surface area contributed by atoms with E-state index in [1.807, 2.05) is 0 Å². The zero-order chi connectivity index (χ0) is 12.5. The van der Waals surface area contributed by atoms with E-state index < -0.39 is 0 Å². The molecule has 0 radical (unpaired) electrons. The predicted molar refractivity (Wildman–Crippen MR) is 71.2 cm³/mol. The van der Waals surface area contributed by atoms with Gasteiger partial charge >= 0.3 is 0 Å². The van der Waals surface area contributed by atoms with Gasteiger partial charge in [0.05, 0.1) is 0 Å². The van der Waals surface area contributed by atoms with Gasteiger partial charge in [-0.15, -0.1) is 0 Å². The molecule has 2 aliphatic carbocycles. The summed E-state index contributed by atoms with van der Waals surface area (Å²) in [5, 5.41) is 0. The summed E-state index contributed by atoms with van der Waals surface area (Å²) in [4.78, 5) is 0. The Morgan fingerprint density at radius 2 is 1.67 bits per heavy atom. The lowest BCUT2D eigenvalue weighted by Gasteiger charge is -2.33. The third-order valence-corrected chi connectivity index (χ3v) is 4.48. The molecule has 0 aromatic heterocycles. The van der Waals surface area contributed by atoms with Gasteiger partial charge in [-0.1, -0.05) is 42.5 Å². The number of hydrogen-bond acceptors (Lipinski definition) is 2. The third-order valence-electron chi connectivity index (χ3n) is 4.48. The SMILES string of the molecule is COC(OC)[C@H]1[C@H](c2ccccc2)[C@H]2C=C[C@@H]1C2. The Morgan fingerprint density at radius 1 is 1.00 bits per heavy atom. The average molecular weight is 244 g/mol. The Morgan fingerprint density at radius 3 is 2.33 bits per heavy atom. The number of fused-ring (bicyclic) bond motifs is 2. The standard InChI is InChI=1S/C16H20O2/c1-17-16(18-2)15-13-9-8-12(10-13)14(15)11-6-4-3-5-7-11/h3-9,12-16H,10H2,1-2H3/t12-,13+,14+,15+/m0/s1. The molecule has 0 heterocycles. The fourth-order valence-electron chi connectivity index (χ4n) is 3.79. The van der Waals surface area contributed by atoms with Crippen LogP contribution in [0.25, 0.3) is 0 Å². The van der Waals surface area contributed by atoms with Crippen LogP contribution < -0.4 is 0 Å². The van der Waals surface area contributed by atoms with Gasteiger partial charge in [0.15, 0.2) is 6.29 Å². The zero-order valence-electron chi connectivity index (χ0n) is 11.0. The molecule has 0 aliphatic heterocycles. The molecular formula is C16H20O2. The van der Waals surface area contributed by atoms with Gasteiger partial charge in [0, 0.05) is 20.1 Å². The van der Waals surface area contributed by atoms with Crippen molar-refractivity contribution >= 4 is 0 Å². The molecule has 1 fully saturated rings. The summed E-state index contributed by atoms with van der Waals surface area (Å²) in [5.41, 5.74) is 1.42. The van der Waals surface area contributed by atoms with Crippen molar-refractivity contribution in [2.45, 2.75) is 18.6 Å². The van der Waals surface area contributed by atoms with E-state index in [2.05, 4.69) is 42.5 Å². The van der Waals surface area contributed by atoms with Gasteiger partial charge in [0.25, 0.3) is 0 Å². The first kappa shape index (κ1) is 11.9. The molecule has 2 nitrogen and oxygen atoms in total. The second-order valence-corrected chi connectivity index (χ2v) is 5.30. The summed E-state index contributed by atoms with van der Waals surface area (Å²) in [6.07, 6.45) is 5.87. The van der Waals surface area contributed by atoms with Crippen LogP contribution in [0.5, 0.6) is 0 Å². The maximum absolute atomic E-state index is 5.53. The Hall–Kier alpha value is -1.12. The summed E-state index contributed by atoms with van der Waals surface area (Å²) in [7, 11) is 3.48. The highest BCUT2D eigenvalue weighted by Crippen LogP contribution is 2.54. The Kier molecular flexibility index (Phi) is 3.23. The number of allylic oxidation sites excluding steroid dienone is 2. The number of hydrogen-bond donors (Lipinski definition) is 0. The highest BCUT2D eigenvalue weighted by atomic mass is 16.7. The van der Waals surface area contributed by atoms with E-state index in [1.54, 1.807) is 14.2 Å². The van der Waals surface area contributed by atoms with Crippen LogP contribution in [0.2, 0.25) is 0 Å². The molecule has 0 amide bonds. The van der Waals surface area contributed by atoms with E-state index in [0.717, 1.165) is 0 Å². The van der Waals surface area contributed by atoms with E-state index in [0.29, 0.717) is 23.7 Å². The van der Waals surface area contributed by atoms with E-state index in [-0.39, 0.29) is 6.29 Å². The van der Waals surface area contributed by atoms with Crippen molar-refractivity contribution in [3.63, 3.8) is 0 Å². The van der Waals surface area contributed by atoms with Crippen LogP contribution in [-0.4, -0.2) is 20.5 Å². The first-order valence-electron chi connectivity index (χ1n) is 6.64. The van der Waals surface area contributed by atoms with Gasteiger partial charge in [-0.3, -0.25) is 0 Å². The Bertz CT molecular complexity index is 422. The molecule has 2 bridgehead atoms. The molecule has 96 valence electrons. The van der Waals surface area contributed by atoms with Crippen molar-refractivity contribution < 1.29 is 9.47 Å². The number of rotatable bonds is 4. The summed E-state index contributed by atoms with van der Waals surface area (Å²) in [6.45, 7) is 0. The molecule has 3 rings (SSSR count). The maximum Gasteiger partial charge on any atom is 0.160 e. The summed E-state index contributed by atoms with van der Waals surface area (Å²) in [5.74, 6) is 2.23. The fourth-order valence-corrected chi connectivity index (χ4v) is 3.79. The largest absolute Gasteiger partial charge is 0.356 e. The number of ether oxygens (including phenoxy) is 2. The minimum atomic E-state index is -0.102. The summed E-state index contributed by atoms with van der Waals surface area (Å²) >= 11 is 0. The van der Waals surface area contributed by atoms with Crippen LogP contribution in [0, 0.1) is 17.8 Å². The monoisotopic (exact) mass is 244 g/mol. The van der Waals surface area contributed by atoms with E-state index in [4.69, 9.17) is 9.47 Å². The Balaban J connectivity index is 1.94. The minimum absolute atomic E-state index is 0.102. The van der Waals surface area contributed by atoms with Crippen molar-refractivity contribution in [1.29, 1.82) is 0 Å². The van der Waals surface area contributed by atoms with Crippen LogP contribution in [-0.2, 0) is 9.47 Å². The van der Waals surface area contributed by atoms with Crippen LogP contribution in [0.3, 0.4) is 0 Å². The van der Waals surface area contributed by atoms with Crippen LogP contribution in [0.1, 0.15) is 17.9 Å². The van der Waals surface area contributed by atoms with Crippen molar-refractivity contribution in [1.82, 2.24) is 0 Å². The molecule has 0 unspecified atom stereocenters. The molecule has 1 aromatic carbocycles. The fraction of sp³-hybridized carbons (Fsp3) is 0.500. The Labute approximate surface area is 109 Å². The molecule has 4 atom stereocenters. The number of benzene rings is 1. The van der Waals surface area contributed by atoms with E-state index in [1.165, 1.54) is 12.0 Å². The minimum Gasteiger partial charge on any atom is -0.356 e. The summed E-state index contributed by atoms with van der Waals surface area (Å²) in [6, 6.07) is 10.8. The molecule has 2 aliphatic rings. The van der Waals surface area contributed by atoms with Crippen molar-refractivity contribution in [2.24, 2.45) is 17.8 Å². The molecule has 18 heavy (non-hydrogen) atoms. The second kappa shape index (κ2) is 4.87. The highest BCUT2D eigenvalue weighted by molar-refractivity contribution is 5.29. The lowest BCUT2D eigenvalue weighted by atomic mass is 9.78. The van der Waals surface area contributed by atoms with Gasteiger partial charge in [-0.25, -0.2) is 0 Å². The van der Waals surface area contributed by atoms with Gasteiger partial charge in [-0.2, -0.15) is 0 Å². The lowest BCUT2D eigenvalue weighted by molar-refractivity contribution is -0.146. The first-order valence-corrected chi connectivity index (χ1v) is 6.64. The van der Waals surface area contributed by atoms with Gasteiger partial charge in [0.1, 0.15) is 0 Å². The normalized spacial score (nSPS) is 33.5. The molecular weight excluding hydrogens is 224 g/mol. The third kappa shape index (κ3) is 1.80. The van der Waals surface area contributed by atoms with Crippen LogP contribution in [0.15, 0.2) is 42.5 Å². The predicted octanol–water partition coefficient (Wildman–Crippen LogP) is 3.21. The molecule has 1 saturated carbocycles. The first-order chi connectivity index (χ1) is 8.85. The molecule has 0 saturated heterocycles. The molecule has 2 heteroatoms. The van der Waals surface area contributed by atoms with Crippen molar-refractivity contribution in [2.75, 3.05) is 14.2 Å². The second-order valence-electron chi connectivity index (χ2n) is 5.30. The molecule has 0 spiro atoms. The zero-order valence-corrected chi connectivity index (χ0v) is 11.0. The summed E-state index contributed by atoms with van der Waals surface area (Å²) < 4.78 is 11.1. The molecule has 1 aromatic rings. The van der Waals surface area contributed by atoms with Crippen LogP contribution >= 0.6 is 0 Å². The maximum atomic E-state index is 5.53. The van der Waals surface area contributed by atoms with Crippen LogP contribution in [0.4, 0.5) is 0 Å². The van der Waals surface area contributed by atoms with E-state index >= 15 is 0 Å². The highest BCUT2D eigenvalue weighted by Gasteiger charge is 2.48. The van der Waals surface area contributed by atoms with Gasteiger partial charge in [-0.05, 0) is 29.7 Å². The van der Waals surface area contributed by atoms with E-state index in [9.17, 15) is 0 Å². The van der Waals surface area contributed by atoms with Gasteiger partial charge < -0.3 is 9.47 Å². The number of methoxy groups -OCH3 is 2. The average Bonchev–Trinajstić information content (AvgIpc) is 3.02. The quantitative estimate of drug-likeness (QED) is 0.598. The van der Waals surface area contributed by atoms with Gasteiger partial charge in [0.2, 0.25) is 0 Å². The molecule has 0 N–H and O–H groups in total. The van der Waals surface area contributed by atoms with Crippen molar-refractivity contribution in [3.8, 4) is 0 Å². The topological polar surface area (TPSA) is 18.5 Å². The lowest BCUT2D eigenvalue weighted by Crippen LogP contribution is -2.32.